The molecule has 1 N–H and O–H groups in total. The van der Waals surface area contributed by atoms with Gasteiger partial charge in [0.1, 0.15) is 6.04 Å². The predicted molar refractivity (Wildman–Crippen MR) is 135 cm³/mol. The van der Waals surface area contributed by atoms with Gasteiger partial charge in [-0.3, -0.25) is 14.4 Å². The molecule has 0 unspecified atom stereocenters. The summed E-state index contributed by atoms with van der Waals surface area (Å²) in [6.07, 6.45) is 5.32. The summed E-state index contributed by atoms with van der Waals surface area (Å²) in [6, 6.07) is 20.0. The van der Waals surface area contributed by atoms with Gasteiger partial charge in [0.2, 0.25) is 11.7 Å². The molecule has 2 aromatic rings. The molecule has 1 fully saturated rings. The summed E-state index contributed by atoms with van der Waals surface area (Å²) in [7, 11) is 0. The molecular weight excluding hydrogens is 424 g/mol. The molecule has 34 heavy (non-hydrogen) atoms. The highest BCUT2D eigenvalue weighted by molar-refractivity contribution is 6.38. The lowest BCUT2D eigenvalue weighted by Gasteiger charge is -2.29. The molecule has 1 saturated heterocycles. The van der Waals surface area contributed by atoms with E-state index in [-0.39, 0.29) is 11.9 Å². The van der Waals surface area contributed by atoms with Gasteiger partial charge in [0.15, 0.2) is 0 Å². The second kappa shape index (κ2) is 12.0. The monoisotopic (exact) mass is 462 g/mol. The van der Waals surface area contributed by atoms with Crippen LogP contribution in [0.25, 0.3) is 0 Å². The maximum absolute atomic E-state index is 13.3. The third-order valence-electron chi connectivity index (χ3n) is 7.10. The maximum atomic E-state index is 13.3. The van der Waals surface area contributed by atoms with Gasteiger partial charge >= 0.3 is 0 Å². The van der Waals surface area contributed by atoms with Crippen LogP contribution in [-0.4, -0.2) is 41.1 Å². The number of hydrogen-bond donors (Lipinski definition) is 1. The standard InChI is InChI=1S/C29H38N2O3/c1-4-29(2,3)26(32)28(34)31-21-11-16-25(31)27(33)30-24(19-17-22-12-7-5-8-13-22)20-18-23-14-9-6-10-15-23/h5-10,12-15,24-25H,4,11,16-21H2,1-3H3,(H,30,33)/t25-/m0/s1. The summed E-state index contributed by atoms with van der Waals surface area (Å²) in [5.41, 5.74) is 1.77. The number of likely N-dealkylation sites (tertiary alicyclic amines) is 1. The number of hydrogen-bond acceptors (Lipinski definition) is 3. The van der Waals surface area contributed by atoms with E-state index in [1.165, 1.54) is 16.0 Å². The first-order valence-electron chi connectivity index (χ1n) is 12.6. The van der Waals surface area contributed by atoms with Crippen LogP contribution in [-0.2, 0) is 27.2 Å². The number of rotatable bonds is 11. The number of ketones is 1. The molecule has 0 aromatic heterocycles. The Balaban J connectivity index is 1.67. The fraction of sp³-hybridized carbons (Fsp3) is 0.483. The quantitative estimate of drug-likeness (QED) is 0.491. The van der Waals surface area contributed by atoms with E-state index in [9.17, 15) is 14.4 Å². The topological polar surface area (TPSA) is 66.5 Å². The lowest BCUT2D eigenvalue weighted by atomic mass is 9.84. The molecule has 3 rings (SSSR count). The van der Waals surface area contributed by atoms with E-state index in [4.69, 9.17) is 0 Å². The first-order valence-corrected chi connectivity index (χ1v) is 12.6. The molecule has 0 bridgehead atoms. The van der Waals surface area contributed by atoms with Crippen molar-refractivity contribution in [2.75, 3.05) is 6.54 Å². The lowest BCUT2D eigenvalue weighted by molar-refractivity contribution is -0.151. The van der Waals surface area contributed by atoms with E-state index in [1.807, 2.05) is 43.3 Å². The second-order valence-corrected chi connectivity index (χ2v) is 9.98. The second-order valence-electron chi connectivity index (χ2n) is 9.98. The minimum Gasteiger partial charge on any atom is -0.352 e. The van der Waals surface area contributed by atoms with Crippen molar-refractivity contribution in [1.82, 2.24) is 10.2 Å². The zero-order chi connectivity index (χ0) is 24.6. The Labute approximate surface area is 203 Å². The third kappa shape index (κ3) is 6.78. The molecule has 0 radical (unpaired) electrons. The Morgan fingerprint density at radius 2 is 1.47 bits per heavy atom. The number of carbonyl (C=O) groups is 3. The SMILES string of the molecule is CCC(C)(C)C(=O)C(=O)N1CCC[C@H]1C(=O)NC(CCc1ccccc1)CCc1ccccc1. The molecule has 1 atom stereocenters. The van der Waals surface area contributed by atoms with E-state index in [2.05, 4.69) is 29.6 Å². The Kier molecular flexibility index (Phi) is 9.03. The predicted octanol–water partition coefficient (Wildman–Crippen LogP) is 4.73. The Bertz CT molecular complexity index is 912. The molecule has 1 aliphatic heterocycles. The highest BCUT2D eigenvalue weighted by Crippen LogP contribution is 2.26. The maximum Gasteiger partial charge on any atom is 0.291 e. The average Bonchev–Trinajstić information content (AvgIpc) is 3.36. The van der Waals surface area contributed by atoms with Crippen molar-refractivity contribution in [3.63, 3.8) is 0 Å². The number of nitrogens with one attached hydrogen (secondary N) is 1. The molecule has 2 aromatic carbocycles. The molecule has 0 saturated carbocycles. The van der Waals surface area contributed by atoms with Crippen LogP contribution in [0.3, 0.4) is 0 Å². The fourth-order valence-corrected chi connectivity index (χ4v) is 4.42. The first kappa shape index (κ1) is 25.7. The van der Waals surface area contributed by atoms with Crippen LogP contribution in [0.15, 0.2) is 60.7 Å². The van der Waals surface area contributed by atoms with E-state index in [0.717, 1.165) is 32.1 Å². The number of amides is 2. The van der Waals surface area contributed by atoms with Crippen LogP contribution in [0, 0.1) is 5.41 Å². The van der Waals surface area contributed by atoms with Gasteiger partial charge in [0.05, 0.1) is 0 Å². The van der Waals surface area contributed by atoms with Gasteiger partial charge in [0, 0.05) is 18.0 Å². The van der Waals surface area contributed by atoms with Gasteiger partial charge in [-0.1, -0.05) is 81.4 Å². The molecule has 1 aliphatic rings. The molecule has 2 amide bonds. The number of Topliss-reactive ketones (excluding diaryl/α,β-unsaturated/α-hetero) is 1. The van der Waals surface area contributed by atoms with Gasteiger partial charge in [-0.15, -0.1) is 0 Å². The highest BCUT2D eigenvalue weighted by atomic mass is 16.2. The van der Waals surface area contributed by atoms with Crippen LogP contribution in [0.2, 0.25) is 0 Å². The molecule has 5 nitrogen and oxygen atoms in total. The van der Waals surface area contributed by atoms with Gasteiger partial charge < -0.3 is 10.2 Å². The smallest absolute Gasteiger partial charge is 0.291 e. The number of carbonyl (C=O) groups excluding carboxylic acids is 3. The van der Waals surface area contributed by atoms with Crippen molar-refractivity contribution in [2.24, 2.45) is 5.41 Å². The zero-order valence-electron chi connectivity index (χ0n) is 20.8. The molecule has 0 aliphatic carbocycles. The van der Waals surface area contributed by atoms with Crippen molar-refractivity contribution in [1.29, 1.82) is 0 Å². The van der Waals surface area contributed by atoms with Crippen LogP contribution in [0.4, 0.5) is 0 Å². The van der Waals surface area contributed by atoms with Gasteiger partial charge in [0.25, 0.3) is 5.91 Å². The van der Waals surface area contributed by atoms with E-state index < -0.39 is 23.1 Å². The fourth-order valence-electron chi connectivity index (χ4n) is 4.42. The van der Waals surface area contributed by atoms with E-state index >= 15 is 0 Å². The van der Waals surface area contributed by atoms with Gasteiger partial charge in [-0.25, -0.2) is 0 Å². The lowest BCUT2D eigenvalue weighted by Crippen LogP contribution is -2.52. The molecule has 5 heteroatoms. The van der Waals surface area contributed by atoms with Crippen molar-refractivity contribution in [2.45, 2.75) is 77.8 Å². The van der Waals surface area contributed by atoms with Crippen molar-refractivity contribution in [3.8, 4) is 0 Å². The summed E-state index contributed by atoms with van der Waals surface area (Å²) in [6.45, 7) is 5.95. The largest absolute Gasteiger partial charge is 0.352 e. The summed E-state index contributed by atoms with van der Waals surface area (Å²) in [5.74, 6) is -1.06. The average molecular weight is 463 g/mol. The Morgan fingerprint density at radius 3 is 1.97 bits per heavy atom. The van der Waals surface area contributed by atoms with Gasteiger partial charge in [-0.05, 0) is 56.1 Å². The van der Waals surface area contributed by atoms with Crippen molar-refractivity contribution < 1.29 is 14.4 Å². The van der Waals surface area contributed by atoms with Crippen molar-refractivity contribution >= 4 is 17.6 Å². The van der Waals surface area contributed by atoms with Crippen LogP contribution < -0.4 is 5.32 Å². The normalized spacial score (nSPS) is 16.0. The molecule has 1 heterocycles. The number of nitrogens with zero attached hydrogens (tertiary/aromatic N) is 1. The summed E-state index contributed by atoms with van der Waals surface area (Å²) >= 11 is 0. The van der Waals surface area contributed by atoms with Crippen LogP contribution in [0.1, 0.15) is 64.0 Å². The Morgan fingerprint density at radius 1 is 0.941 bits per heavy atom. The molecule has 182 valence electrons. The minimum absolute atomic E-state index is 0.00625. The molecular formula is C29H38N2O3. The Hall–Kier alpha value is -2.95. The van der Waals surface area contributed by atoms with E-state index in [0.29, 0.717) is 19.4 Å². The summed E-state index contributed by atoms with van der Waals surface area (Å²) < 4.78 is 0. The van der Waals surface area contributed by atoms with Crippen molar-refractivity contribution in [3.05, 3.63) is 71.8 Å². The van der Waals surface area contributed by atoms with Crippen LogP contribution >= 0.6 is 0 Å². The zero-order valence-corrected chi connectivity index (χ0v) is 20.8. The van der Waals surface area contributed by atoms with Gasteiger partial charge in [-0.2, -0.15) is 0 Å². The molecule has 0 spiro atoms. The van der Waals surface area contributed by atoms with Crippen LogP contribution in [0.5, 0.6) is 0 Å². The number of aryl methyl sites for hydroxylation is 2. The third-order valence-corrected chi connectivity index (χ3v) is 7.10. The first-order chi connectivity index (χ1) is 16.3. The highest BCUT2D eigenvalue weighted by Gasteiger charge is 2.41. The summed E-state index contributed by atoms with van der Waals surface area (Å²) in [4.78, 5) is 40.6. The summed E-state index contributed by atoms with van der Waals surface area (Å²) in [5, 5.41) is 3.23. The minimum atomic E-state index is -0.714. The van der Waals surface area contributed by atoms with E-state index in [1.54, 1.807) is 13.8 Å². The number of benzene rings is 2.